The fourth-order valence-corrected chi connectivity index (χ4v) is 4.39. The number of unbranched alkanes of at least 4 members (excludes halogenated alkanes) is 3. The van der Waals surface area contributed by atoms with Crippen LogP contribution in [-0.2, 0) is 0 Å². The van der Waals surface area contributed by atoms with Crippen LogP contribution in [0.25, 0.3) is 0 Å². The summed E-state index contributed by atoms with van der Waals surface area (Å²) in [6, 6.07) is 21.1. The van der Waals surface area contributed by atoms with E-state index in [9.17, 15) is 0 Å². The number of hydrogen-bond acceptors (Lipinski definition) is 1. The van der Waals surface area contributed by atoms with Gasteiger partial charge in [0.05, 0.1) is 0 Å². The van der Waals surface area contributed by atoms with Crippen molar-refractivity contribution in [1.29, 1.82) is 0 Å². The van der Waals surface area contributed by atoms with Crippen LogP contribution >= 0.6 is 0 Å². The minimum absolute atomic E-state index is 0.347. The summed E-state index contributed by atoms with van der Waals surface area (Å²) in [4.78, 5) is 0. The number of hydrogen-bond donors (Lipinski definition) is 0. The molecular formula is C20H26OSe. The summed E-state index contributed by atoms with van der Waals surface area (Å²) in [6.07, 6.45) is 6.74. The molecule has 0 bridgehead atoms. The zero-order valence-electron chi connectivity index (χ0n) is 13.4. The number of rotatable bonds is 10. The molecular weight excluding hydrogens is 335 g/mol. The van der Waals surface area contributed by atoms with E-state index in [0.29, 0.717) is 21.1 Å². The molecule has 0 aliphatic heterocycles. The molecule has 0 radical (unpaired) electrons. The van der Waals surface area contributed by atoms with Gasteiger partial charge in [-0.2, -0.15) is 0 Å². The quantitative estimate of drug-likeness (QED) is 0.434. The number of ether oxygens (including phenoxy) is 1. The predicted molar refractivity (Wildman–Crippen MR) is 96.3 cm³/mol. The van der Waals surface area contributed by atoms with Crippen molar-refractivity contribution < 1.29 is 4.74 Å². The van der Waals surface area contributed by atoms with Crippen LogP contribution in [0.1, 0.15) is 39.0 Å². The fourth-order valence-electron chi connectivity index (χ4n) is 2.37. The van der Waals surface area contributed by atoms with Gasteiger partial charge in [-0.25, -0.2) is 0 Å². The maximum absolute atomic E-state index is 6.23. The first-order valence-corrected chi connectivity index (χ1v) is 10.3. The number of benzene rings is 2. The summed E-state index contributed by atoms with van der Waals surface area (Å²) in [5, 5.41) is 1.15. The second-order valence-corrected chi connectivity index (χ2v) is 7.82. The standard InChI is InChI=1S/C20H26OSe/c1-2-3-4-7-14-19(21-18-12-8-5-9-13-18)17-22-20-15-10-6-11-16-20/h5-6,8-13,15-16,19H,2-4,7,14,17H2,1H3. The van der Waals surface area contributed by atoms with Crippen molar-refractivity contribution in [3.63, 3.8) is 0 Å². The van der Waals surface area contributed by atoms with Crippen LogP contribution in [0.5, 0.6) is 5.75 Å². The van der Waals surface area contributed by atoms with Gasteiger partial charge in [-0.15, -0.1) is 0 Å². The first-order chi connectivity index (χ1) is 10.9. The monoisotopic (exact) mass is 362 g/mol. The maximum atomic E-state index is 6.23. The van der Waals surface area contributed by atoms with Crippen LogP contribution < -0.4 is 9.20 Å². The van der Waals surface area contributed by atoms with Gasteiger partial charge in [0.25, 0.3) is 0 Å². The fraction of sp³-hybridized carbons (Fsp3) is 0.400. The Morgan fingerprint density at radius 1 is 0.864 bits per heavy atom. The third kappa shape index (κ3) is 6.68. The van der Waals surface area contributed by atoms with E-state index in [4.69, 9.17) is 4.74 Å². The van der Waals surface area contributed by atoms with Crippen LogP contribution in [0.15, 0.2) is 60.7 Å². The second kappa shape index (κ2) is 10.5. The van der Waals surface area contributed by atoms with Crippen LogP contribution in [0.2, 0.25) is 5.32 Å². The molecule has 0 saturated heterocycles. The molecule has 1 atom stereocenters. The Morgan fingerprint density at radius 2 is 1.55 bits per heavy atom. The van der Waals surface area contributed by atoms with Crippen molar-refractivity contribution in [3.8, 4) is 5.75 Å². The molecule has 2 heteroatoms. The molecule has 0 N–H and O–H groups in total. The molecule has 0 fully saturated rings. The molecule has 0 spiro atoms. The van der Waals surface area contributed by atoms with Crippen molar-refractivity contribution in [2.75, 3.05) is 0 Å². The first kappa shape index (κ1) is 17.1. The molecule has 0 heterocycles. The first-order valence-electron chi connectivity index (χ1n) is 8.28. The SMILES string of the molecule is CCCCCCC(C[Se]c1ccccc1)Oc1ccccc1. The molecule has 118 valence electrons. The molecule has 0 amide bonds. The van der Waals surface area contributed by atoms with Crippen LogP contribution in [-0.4, -0.2) is 21.1 Å². The van der Waals surface area contributed by atoms with Crippen molar-refractivity contribution in [1.82, 2.24) is 0 Å². The van der Waals surface area contributed by atoms with Crippen LogP contribution in [0, 0.1) is 0 Å². The van der Waals surface area contributed by atoms with E-state index in [-0.39, 0.29) is 0 Å². The van der Waals surface area contributed by atoms with E-state index in [1.54, 1.807) is 0 Å². The van der Waals surface area contributed by atoms with E-state index in [1.807, 2.05) is 18.2 Å². The molecule has 0 aromatic heterocycles. The minimum atomic E-state index is 0.347. The Labute approximate surface area is 141 Å². The van der Waals surface area contributed by atoms with E-state index < -0.39 is 0 Å². The zero-order valence-corrected chi connectivity index (χ0v) is 15.1. The Morgan fingerprint density at radius 3 is 2.23 bits per heavy atom. The van der Waals surface area contributed by atoms with Crippen molar-refractivity contribution in [2.24, 2.45) is 0 Å². The Bertz CT molecular complexity index is 498. The van der Waals surface area contributed by atoms with E-state index in [1.165, 1.54) is 36.6 Å². The van der Waals surface area contributed by atoms with Gasteiger partial charge in [-0.05, 0) is 0 Å². The molecule has 2 aromatic rings. The Hall–Kier alpha value is -1.24. The van der Waals surface area contributed by atoms with E-state index in [0.717, 1.165) is 11.1 Å². The normalized spacial score (nSPS) is 12.0. The topological polar surface area (TPSA) is 9.23 Å². The van der Waals surface area contributed by atoms with Crippen LogP contribution in [0.4, 0.5) is 0 Å². The summed E-state index contributed by atoms with van der Waals surface area (Å²) in [7, 11) is 0. The van der Waals surface area contributed by atoms with Gasteiger partial charge in [0.1, 0.15) is 0 Å². The van der Waals surface area contributed by atoms with Crippen LogP contribution in [0.3, 0.4) is 0 Å². The second-order valence-electron chi connectivity index (χ2n) is 5.53. The van der Waals surface area contributed by atoms with Gasteiger partial charge < -0.3 is 0 Å². The zero-order chi connectivity index (χ0) is 15.5. The summed E-state index contributed by atoms with van der Waals surface area (Å²) in [5.41, 5.74) is 0. The Balaban J connectivity index is 1.86. The van der Waals surface area contributed by atoms with Gasteiger partial charge in [-0.1, -0.05) is 0 Å². The van der Waals surface area contributed by atoms with Gasteiger partial charge >= 0.3 is 141 Å². The van der Waals surface area contributed by atoms with Gasteiger partial charge in [-0.3, -0.25) is 0 Å². The van der Waals surface area contributed by atoms with Crippen molar-refractivity contribution >= 4 is 19.4 Å². The van der Waals surface area contributed by atoms with E-state index >= 15 is 0 Å². The molecule has 2 rings (SSSR count). The Kier molecular flexibility index (Phi) is 8.15. The summed E-state index contributed by atoms with van der Waals surface area (Å²) in [5.74, 6) is 1.01. The molecule has 0 aliphatic carbocycles. The molecule has 22 heavy (non-hydrogen) atoms. The third-order valence-electron chi connectivity index (χ3n) is 3.60. The van der Waals surface area contributed by atoms with Gasteiger partial charge in [0, 0.05) is 0 Å². The molecule has 0 aliphatic rings. The molecule has 1 unspecified atom stereocenters. The number of para-hydroxylation sites is 1. The summed E-state index contributed by atoms with van der Waals surface area (Å²) >= 11 is 0.492. The van der Waals surface area contributed by atoms with Crippen molar-refractivity contribution in [2.45, 2.75) is 50.5 Å². The molecule has 1 nitrogen and oxygen atoms in total. The molecule has 2 aromatic carbocycles. The predicted octanol–water partition coefficient (Wildman–Crippen LogP) is 4.85. The molecule has 0 saturated carbocycles. The van der Waals surface area contributed by atoms with Gasteiger partial charge in [0.15, 0.2) is 0 Å². The average molecular weight is 361 g/mol. The summed E-state index contributed by atoms with van der Waals surface area (Å²) < 4.78 is 7.70. The van der Waals surface area contributed by atoms with Crippen molar-refractivity contribution in [3.05, 3.63) is 60.7 Å². The van der Waals surface area contributed by atoms with Gasteiger partial charge in [0.2, 0.25) is 0 Å². The van der Waals surface area contributed by atoms with E-state index in [2.05, 4.69) is 49.4 Å². The third-order valence-corrected chi connectivity index (χ3v) is 6.00. The average Bonchev–Trinajstić information content (AvgIpc) is 2.58. The summed E-state index contributed by atoms with van der Waals surface area (Å²) in [6.45, 7) is 2.26.